The van der Waals surface area contributed by atoms with E-state index in [0.29, 0.717) is 12.8 Å². The molecule has 1 aliphatic rings. The first kappa shape index (κ1) is 15.8. The molecule has 0 radical (unpaired) electrons. The molecule has 16 heavy (non-hydrogen) atoms. The molecule has 1 fully saturated rings. The van der Waals surface area contributed by atoms with Crippen molar-refractivity contribution in [2.45, 2.75) is 24.3 Å². The van der Waals surface area contributed by atoms with Crippen molar-refractivity contribution in [3.63, 3.8) is 0 Å². The molecule has 1 rings (SSSR count). The van der Waals surface area contributed by atoms with E-state index in [2.05, 4.69) is 0 Å². The van der Waals surface area contributed by atoms with E-state index in [-0.39, 0.29) is 36.1 Å². The number of hydrogen-bond acceptors (Lipinski definition) is 5. The fourth-order valence-corrected chi connectivity index (χ4v) is 1.82. The molecule has 0 aliphatic carbocycles. The molecular formula is C7H11N2NaO5S. The number of carbonyl (C=O) groups excluding carboxylic acids is 1. The van der Waals surface area contributed by atoms with Crippen molar-refractivity contribution in [2.24, 2.45) is 0 Å². The molecule has 0 aromatic carbocycles. The molecule has 1 aliphatic heterocycles. The van der Waals surface area contributed by atoms with Gasteiger partial charge in [0.25, 0.3) is 11.3 Å². The van der Waals surface area contributed by atoms with Gasteiger partial charge in [-0.15, -0.1) is 0 Å². The molecule has 0 saturated carbocycles. The number of likely N-dealkylation sites (tertiary alicyclic amines) is 1. The number of hydrogen-bond donors (Lipinski definition) is 2. The van der Waals surface area contributed by atoms with Crippen LogP contribution in [-0.2, 0) is 14.9 Å². The van der Waals surface area contributed by atoms with Gasteiger partial charge in [0.05, 0.1) is 6.07 Å². The molecule has 1 saturated heterocycles. The molecular weight excluding hydrogens is 247 g/mol. The Morgan fingerprint density at radius 1 is 1.56 bits per heavy atom. The summed E-state index contributed by atoms with van der Waals surface area (Å²) in [5.41, 5.74) is -2.49. The van der Waals surface area contributed by atoms with Crippen molar-refractivity contribution in [1.82, 2.24) is 4.90 Å². The first-order chi connectivity index (χ1) is 6.88. The topological polar surface area (TPSA) is 119 Å². The average Bonchev–Trinajstić information content (AvgIpc) is 2.61. The minimum absolute atomic E-state index is 0. The van der Waals surface area contributed by atoms with E-state index in [1.165, 1.54) is 0 Å². The predicted molar refractivity (Wildman–Crippen MR) is 55.1 cm³/mol. The molecule has 1 unspecified atom stereocenters. The second kappa shape index (κ2) is 5.95. The molecule has 0 aromatic rings. The van der Waals surface area contributed by atoms with Gasteiger partial charge in [-0.2, -0.15) is 13.7 Å². The van der Waals surface area contributed by atoms with Gasteiger partial charge < -0.3 is 10.0 Å². The molecule has 2 atom stereocenters. The quantitative estimate of drug-likeness (QED) is 0.439. The summed E-state index contributed by atoms with van der Waals surface area (Å²) in [5.74, 6) is -1.15. The standard InChI is InChI=1S/C7H10N2O5S.Na.H/c8-4-5-2-1-3-9(5)6(10)7(11)15(12,13)14;;/h5,7,11H,1-3H2,(H,12,13,14);;/t5-,7?;;/m0../s1. The molecule has 7 nitrogen and oxygen atoms in total. The molecule has 9 heteroatoms. The summed E-state index contributed by atoms with van der Waals surface area (Å²) in [7, 11) is -4.82. The zero-order valence-electron chi connectivity index (χ0n) is 7.70. The molecule has 1 amide bonds. The van der Waals surface area contributed by atoms with E-state index in [1.807, 2.05) is 6.07 Å². The van der Waals surface area contributed by atoms with Gasteiger partial charge in [-0.3, -0.25) is 9.35 Å². The normalized spacial score (nSPS) is 22.1. The van der Waals surface area contributed by atoms with Gasteiger partial charge in [-0.25, -0.2) is 0 Å². The van der Waals surface area contributed by atoms with E-state index >= 15 is 0 Å². The SMILES string of the molecule is N#C[C@@H]1CCCN1C(=O)C(O)S(=O)(=O)O.[NaH]. The van der Waals surface area contributed by atoms with Crippen LogP contribution in [0.5, 0.6) is 0 Å². The summed E-state index contributed by atoms with van der Waals surface area (Å²) in [6.07, 6.45) is 1.02. The maximum atomic E-state index is 11.3. The van der Waals surface area contributed by atoms with Crippen LogP contribution in [0.25, 0.3) is 0 Å². The summed E-state index contributed by atoms with van der Waals surface area (Å²) in [6, 6.07) is 1.09. The van der Waals surface area contributed by atoms with E-state index in [9.17, 15) is 13.2 Å². The monoisotopic (exact) mass is 258 g/mol. The summed E-state index contributed by atoms with van der Waals surface area (Å²) in [6.45, 7) is 0.212. The Labute approximate surface area is 115 Å². The Kier molecular flexibility index (Phi) is 5.89. The second-order valence-corrected chi connectivity index (χ2v) is 4.66. The Bertz CT molecular complexity index is 403. The van der Waals surface area contributed by atoms with Gasteiger partial charge in [0.1, 0.15) is 6.04 Å². The molecule has 86 valence electrons. The van der Waals surface area contributed by atoms with Crippen LogP contribution in [0.15, 0.2) is 0 Å². The van der Waals surface area contributed by atoms with Crippen molar-refractivity contribution in [2.75, 3.05) is 6.54 Å². The van der Waals surface area contributed by atoms with Crippen LogP contribution in [-0.4, -0.2) is 76.5 Å². The fourth-order valence-electron chi connectivity index (χ4n) is 1.43. The van der Waals surface area contributed by atoms with Crippen LogP contribution in [0.4, 0.5) is 0 Å². The number of aliphatic hydroxyl groups is 1. The van der Waals surface area contributed by atoms with E-state index in [0.717, 1.165) is 4.90 Å². The third kappa shape index (κ3) is 3.41. The average molecular weight is 258 g/mol. The molecule has 0 aromatic heterocycles. The summed E-state index contributed by atoms with van der Waals surface area (Å²) in [4.78, 5) is 12.3. The van der Waals surface area contributed by atoms with Crippen molar-refractivity contribution in [1.29, 1.82) is 5.26 Å². The molecule has 2 N–H and O–H groups in total. The first-order valence-corrected chi connectivity index (χ1v) is 5.72. The van der Waals surface area contributed by atoms with Gasteiger partial charge in [0.2, 0.25) is 0 Å². The van der Waals surface area contributed by atoms with Gasteiger partial charge in [0.15, 0.2) is 0 Å². The van der Waals surface area contributed by atoms with Gasteiger partial charge in [-0.05, 0) is 12.8 Å². The van der Waals surface area contributed by atoms with Crippen molar-refractivity contribution in [3.05, 3.63) is 0 Å². The number of aliphatic hydroxyl groups excluding tert-OH is 1. The van der Waals surface area contributed by atoms with Gasteiger partial charge in [-0.1, -0.05) is 0 Å². The molecule has 1 heterocycles. The number of nitriles is 1. The van der Waals surface area contributed by atoms with Gasteiger partial charge >= 0.3 is 39.7 Å². The Hall–Kier alpha value is -0.170. The third-order valence-electron chi connectivity index (χ3n) is 2.18. The summed E-state index contributed by atoms with van der Waals surface area (Å²) >= 11 is 0. The van der Waals surface area contributed by atoms with Crippen LogP contribution in [0.3, 0.4) is 0 Å². The predicted octanol–water partition coefficient (Wildman–Crippen LogP) is -1.94. The first-order valence-electron chi connectivity index (χ1n) is 4.22. The number of amides is 1. The summed E-state index contributed by atoms with van der Waals surface area (Å²) in [5, 5.41) is 17.6. The van der Waals surface area contributed by atoms with Crippen LogP contribution >= 0.6 is 0 Å². The van der Waals surface area contributed by atoms with Crippen LogP contribution in [0.1, 0.15) is 12.8 Å². The number of carbonyl (C=O) groups is 1. The van der Waals surface area contributed by atoms with Crippen LogP contribution < -0.4 is 0 Å². The Morgan fingerprint density at radius 3 is 2.56 bits per heavy atom. The molecule has 0 bridgehead atoms. The maximum absolute atomic E-state index is 11.3. The number of nitrogens with zero attached hydrogens (tertiary/aromatic N) is 2. The zero-order chi connectivity index (χ0) is 11.6. The minimum atomic E-state index is -4.82. The fraction of sp³-hybridized carbons (Fsp3) is 0.714. The van der Waals surface area contributed by atoms with Crippen molar-refractivity contribution in [3.8, 4) is 6.07 Å². The summed E-state index contributed by atoms with van der Waals surface area (Å²) < 4.78 is 29.5. The van der Waals surface area contributed by atoms with Crippen LogP contribution in [0, 0.1) is 11.3 Å². The van der Waals surface area contributed by atoms with E-state index in [4.69, 9.17) is 14.9 Å². The Balaban J connectivity index is 0.00000225. The van der Waals surface area contributed by atoms with Crippen molar-refractivity contribution < 1.29 is 22.9 Å². The Morgan fingerprint density at radius 2 is 2.12 bits per heavy atom. The third-order valence-corrected chi connectivity index (χ3v) is 2.94. The number of rotatable bonds is 2. The molecule has 0 spiro atoms. The van der Waals surface area contributed by atoms with Crippen LogP contribution in [0.2, 0.25) is 0 Å². The van der Waals surface area contributed by atoms with Crippen molar-refractivity contribution >= 4 is 45.6 Å². The van der Waals surface area contributed by atoms with E-state index in [1.54, 1.807) is 0 Å². The van der Waals surface area contributed by atoms with E-state index < -0.39 is 27.5 Å². The zero-order valence-corrected chi connectivity index (χ0v) is 8.51. The van der Waals surface area contributed by atoms with Gasteiger partial charge in [0, 0.05) is 6.54 Å². The second-order valence-electron chi connectivity index (χ2n) is 3.19.